The predicted molar refractivity (Wildman–Crippen MR) is 109 cm³/mol. The van der Waals surface area contributed by atoms with Gasteiger partial charge in [0.2, 0.25) is 0 Å². The van der Waals surface area contributed by atoms with Gasteiger partial charge in [-0.15, -0.1) is 11.3 Å². The van der Waals surface area contributed by atoms with E-state index in [4.69, 9.17) is 9.47 Å². The molecular formula is C21H20N2O3S. The van der Waals surface area contributed by atoms with Gasteiger partial charge in [-0.25, -0.2) is 4.98 Å². The van der Waals surface area contributed by atoms with Crippen molar-refractivity contribution in [2.45, 2.75) is 6.92 Å². The maximum atomic E-state index is 12.6. The summed E-state index contributed by atoms with van der Waals surface area (Å²) in [5.41, 5.74) is 2.51. The Morgan fingerprint density at radius 3 is 2.56 bits per heavy atom. The molecule has 1 aromatic heterocycles. The van der Waals surface area contributed by atoms with Crippen LogP contribution in [-0.4, -0.2) is 37.7 Å². The summed E-state index contributed by atoms with van der Waals surface area (Å²) in [6, 6.07) is 15.2. The van der Waals surface area contributed by atoms with Crippen LogP contribution in [0.5, 0.6) is 11.5 Å². The van der Waals surface area contributed by atoms with Crippen LogP contribution in [0.2, 0.25) is 0 Å². The van der Waals surface area contributed by atoms with E-state index >= 15 is 0 Å². The van der Waals surface area contributed by atoms with Crippen LogP contribution >= 0.6 is 11.3 Å². The van der Waals surface area contributed by atoms with Gasteiger partial charge in [-0.2, -0.15) is 0 Å². The molecule has 0 radical (unpaired) electrons. The largest absolute Gasteiger partial charge is 0.497 e. The minimum Gasteiger partial charge on any atom is -0.497 e. The standard InChI is InChI=1S/C21H20N2O3S/c1-14-20(27-21(23-14)17-6-4-5-7-19(17)26-3)18(24)13-22-12-15-8-10-16(25-2)11-9-15/h4-12H,13H2,1-3H3. The maximum absolute atomic E-state index is 12.6. The zero-order chi connectivity index (χ0) is 19.2. The molecule has 3 aromatic rings. The summed E-state index contributed by atoms with van der Waals surface area (Å²) in [5, 5.41) is 0.771. The Morgan fingerprint density at radius 2 is 1.85 bits per heavy atom. The molecule has 0 saturated heterocycles. The number of aromatic nitrogens is 1. The number of methoxy groups -OCH3 is 2. The van der Waals surface area contributed by atoms with Crippen molar-refractivity contribution >= 4 is 23.3 Å². The van der Waals surface area contributed by atoms with Crippen LogP contribution in [0.25, 0.3) is 10.6 Å². The number of benzene rings is 2. The molecule has 0 aliphatic carbocycles. The van der Waals surface area contributed by atoms with E-state index in [9.17, 15) is 4.79 Å². The number of aryl methyl sites for hydroxylation is 1. The van der Waals surface area contributed by atoms with Gasteiger partial charge < -0.3 is 9.47 Å². The van der Waals surface area contributed by atoms with Gasteiger partial charge in [0, 0.05) is 6.21 Å². The maximum Gasteiger partial charge on any atom is 0.196 e. The highest BCUT2D eigenvalue weighted by Gasteiger charge is 2.17. The highest BCUT2D eigenvalue weighted by atomic mass is 32.1. The highest BCUT2D eigenvalue weighted by molar-refractivity contribution is 7.17. The van der Waals surface area contributed by atoms with E-state index in [2.05, 4.69) is 9.98 Å². The Kier molecular flexibility index (Phi) is 5.98. The van der Waals surface area contributed by atoms with Crippen LogP contribution < -0.4 is 9.47 Å². The Bertz CT molecular complexity index is 962. The molecule has 0 bridgehead atoms. The molecule has 2 aromatic carbocycles. The van der Waals surface area contributed by atoms with E-state index in [1.54, 1.807) is 20.4 Å². The number of carbonyl (C=O) groups excluding carboxylic acids is 1. The van der Waals surface area contributed by atoms with Crippen LogP contribution in [0.15, 0.2) is 53.5 Å². The number of para-hydroxylation sites is 1. The van der Waals surface area contributed by atoms with E-state index in [-0.39, 0.29) is 12.3 Å². The van der Waals surface area contributed by atoms with Gasteiger partial charge in [-0.1, -0.05) is 12.1 Å². The van der Waals surface area contributed by atoms with E-state index in [1.165, 1.54) is 11.3 Å². The number of rotatable bonds is 7. The summed E-state index contributed by atoms with van der Waals surface area (Å²) in [7, 11) is 3.25. The summed E-state index contributed by atoms with van der Waals surface area (Å²) < 4.78 is 10.5. The van der Waals surface area contributed by atoms with Crippen molar-refractivity contribution in [3.8, 4) is 22.1 Å². The fraction of sp³-hybridized carbons (Fsp3) is 0.190. The average Bonchev–Trinajstić information content (AvgIpc) is 3.10. The Hall–Kier alpha value is -2.99. The molecule has 0 fully saturated rings. The van der Waals surface area contributed by atoms with Gasteiger partial charge in [0.05, 0.1) is 30.4 Å². The molecule has 1 heterocycles. The second-order valence-corrected chi connectivity index (χ2v) is 6.80. The second-order valence-electron chi connectivity index (χ2n) is 5.80. The molecular weight excluding hydrogens is 360 g/mol. The Balaban J connectivity index is 1.73. The minimum atomic E-state index is -0.0455. The smallest absolute Gasteiger partial charge is 0.196 e. The van der Waals surface area contributed by atoms with Gasteiger partial charge in [0.25, 0.3) is 0 Å². The highest BCUT2D eigenvalue weighted by Crippen LogP contribution is 2.34. The molecule has 6 heteroatoms. The fourth-order valence-electron chi connectivity index (χ4n) is 2.59. The molecule has 5 nitrogen and oxygen atoms in total. The number of hydrogen-bond acceptors (Lipinski definition) is 6. The van der Waals surface area contributed by atoms with Crippen molar-refractivity contribution in [1.82, 2.24) is 4.98 Å². The second kappa shape index (κ2) is 8.60. The summed E-state index contributed by atoms with van der Waals surface area (Å²) in [6.07, 6.45) is 1.69. The van der Waals surface area contributed by atoms with Gasteiger partial charge in [-0.3, -0.25) is 9.79 Å². The molecule has 0 aliphatic heterocycles. The first-order chi connectivity index (χ1) is 13.1. The number of carbonyl (C=O) groups is 1. The van der Waals surface area contributed by atoms with Crippen LogP contribution in [-0.2, 0) is 0 Å². The first-order valence-corrected chi connectivity index (χ1v) is 9.22. The normalized spacial score (nSPS) is 10.9. The van der Waals surface area contributed by atoms with Gasteiger partial charge in [0.1, 0.15) is 23.1 Å². The van der Waals surface area contributed by atoms with Crippen molar-refractivity contribution in [3.05, 3.63) is 64.7 Å². The topological polar surface area (TPSA) is 60.8 Å². The van der Waals surface area contributed by atoms with Crippen LogP contribution in [0.3, 0.4) is 0 Å². The lowest BCUT2D eigenvalue weighted by Gasteiger charge is -2.04. The minimum absolute atomic E-state index is 0.0455. The van der Waals surface area contributed by atoms with Crippen molar-refractivity contribution in [1.29, 1.82) is 0 Å². The molecule has 0 spiro atoms. The summed E-state index contributed by atoms with van der Waals surface area (Å²) in [6.45, 7) is 1.93. The number of aliphatic imine (C=N–C) groups is 1. The zero-order valence-corrected chi connectivity index (χ0v) is 16.2. The van der Waals surface area contributed by atoms with Crippen molar-refractivity contribution in [3.63, 3.8) is 0 Å². The predicted octanol–water partition coefficient (Wildman–Crippen LogP) is 4.44. The average molecular weight is 380 g/mol. The number of hydrogen-bond donors (Lipinski definition) is 0. The summed E-state index contributed by atoms with van der Waals surface area (Å²) >= 11 is 1.37. The molecule has 3 rings (SSSR count). The van der Waals surface area contributed by atoms with Crippen LogP contribution in [0.1, 0.15) is 20.9 Å². The molecule has 138 valence electrons. The first kappa shape index (κ1) is 18.8. The molecule has 27 heavy (non-hydrogen) atoms. The summed E-state index contributed by atoms with van der Waals surface area (Å²) in [5.74, 6) is 1.48. The van der Waals surface area contributed by atoms with E-state index in [1.807, 2.05) is 55.5 Å². The van der Waals surface area contributed by atoms with Crippen molar-refractivity contribution in [2.24, 2.45) is 4.99 Å². The Morgan fingerprint density at radius 1 is 1.11 bits per heavy atom. The molecule has 0 atom stereocenters. The lowest BCUT2D eigenvalue weighted by molar-refractivity contribution is 0.100. The summed E-state index contributed by atoms with van der Waals surface area (Å²) in [4.78, 5) is 22.0. The zero-order valence-electron chi connectivity index (χ0n) is 15.4. The third-order valence-corrected chi connectivity index (χ3v) is 5.21. The third kappa shape index (κ3) is 4.41. The molecule has 0 amide bonds. The van der Waals surface area contributed by atoms with Gasteiger partial charge >= 0.3 is 0 Å². The molecule has 0 N–H and O–H groups in total. The molecule has 0 saturated carbocycles. The number of nitrogens with zero attached hydrogens (tertiary/aromatic N) is 2. The number of thiazole rings is 1. The van der Waals surface area contributed by atoms with Crippen molar-refractivity contribution in [2.75, 3.05) is 20.8 Å². The van der Waals surface area contributed by atoms with E-state index in [0.717, 1.165) is 27.6 Å². The van der Waals surface area contributed by atoms with E-state index in [0.29, 0.717) is 10.6 Å². The van der Waals surface area contributed by atoms with Crippen LogP contribution in [0.4, 0.5) is 0 Å². The quantitative estimate of drug-likeness (QED) is 0.449. The first-order valence-electron chi connectivity index (χ1n) is 8.40. The van der Waals surface area contributed by atoms with Gasteiger partial charge in [-0.05, 0) is 48.9 Å². The monoisotopic (exact) mass is 380 g/mol. The Labute approximate surface area is 162 Å². The van der Waals surface area contributed by atoms with Gasteiger partial charge in [0.15, 0.2) is 5.78 Å². The van der Waals surface area contributed by atoms with Crippen molar-refractivity contribution < 1.29 is 14.3 Å². The number of ether oxygens (including phenoxy) is 2. The fourth-order valence-corrected chi connectivity index (χ4v) is 3.61. The van der Waals surface area contributed by atoms with Crippen LogP contribution in [0, 0.1) is 6.92 Å². The number of Topliss-reactive ketones (excluding diaryl/α,β-unsaturated/α-hetero) is 1. The molecule has 0 unspecified atom stereocenters. The lowest BCUT2D eigenvalue weighted by Crippen LogP contribution is -2.03. The van der Waals surface area contributed by atoms with E-state index < -0.39 is 0 Å². The molecule has 0 aliphatic rings. The lowest BCUT2D eigenvalue weighted by atomic mass is 10.2. The number of ketones is 1. The third-order valence-electron chi connectivity index (χ3n) is 3.98. The SMILES string of the molecule is COc1ccc(C=NCC(=O)c2sc(-c3ccccc3OC)nc2C)cc1.